The second-order valence-electron chi connectivity index (χ2n) is 5.71. The van der Waals surface area contributed by atoms with Crippen molar-refractivity contribution in [2.45, 2.75) is 19.6 Å². The number of carbonyl (C=O) groups is 2. The molecule has 3 rings (SSSR count). The fourth-order valence-corrected chi connectivity index (χ4v) is 2.39. The zero-order valence-corrected chi connectivity index (χ0v) is 13.8. The molecule has 0 aliphatic carbocycles. The van der Waals surface area contributed by atoms with Crippen molar-refractivity contribution < 1.29 is 14.3 Å². The Morgan fingerprint density at radius 3 is 2.48 bits per heavy atom. The lowest BCUT2D eigenvalue weighted by Gasteiger charge is -2.13. The number of ether oxygens (including phenoxy) is 1. The van der Waals surface area contributed by atoms with E-state index in [1.165, 1.54) is 0 Å². The molecule has 3 aromatic rings. The highest BCUT2D eigenvalue weighted by Gasteiger charge is 2.19. The van der Waals surface area contributed by atoms with E-state index < -0.39 is 17.9 Å². The molecule has 0 saturated heterocycles. The molecule has 5 heteroatoms. The van der Waals surface area contributed by atoms with Gasteiger partial charge in [0.1, 0.15) is 18.3 Å². The van der Waals surface area contributed by atoms with Crippen LogP contribution in [0.15, 0.2) is 66.9 Å². The summed E-state index contributed by atoms with van der Waals surface area (Å²) in [6, 6.07) is 18.0. The maximum atomic E-state index is 12.3. The third-order valence-corrected chi connectivity index (χ3v) is 3.79. The molecular formula is C20H18N2O3. The largest absolute Gasteiger partial charge is 0.459 e. The van der Waals surface area contributed by atoms with Gasteiger partial charge in [0.2, 0.25) is 0 Å². The van der Waals surface area contributed by atoms with Crippen molar-refractivity contribution in [2.24, 2.45) is 0 Å². The van der Waals surface area contributed by atoms with Crippen molar-refractivity contribution in [1.82, 2.24) is 10.3 Å². The van der Waals surface area contributed by atoms with Gasteiger partial charge in [0.25, 0.3) is 5.91 Å². The molecule has 126 valence electrons. The SMILES string of the molecule is C[C@H](NC(=O)c1cc2ccccc2cn1)C(=O)OCc1ccccc1. The average molecular weight is 334 g/mol. The molecule has 0 aliphatic rings. The van der Waals surface area contributed by atoms with Gasteiger partial charge in [-0.3, -0.25) is 9.78 Å². The molecule has 1 N–H and O–H groups in total. The van der Waals surface area contributed by atoms with Crippen LogP contribution in [0, 0.1) is 0 Å². The van der Waals surface area contributed by atoms with Crippen molar-refractivity contribution in [1.29, 1.82) is 0 Å². The van der Waals surface area contributed by atoms with Crippen LogP contribution in [-0.4, -0.2) is 22.9 Å². The predicted octanol–water partition coefficient (Wildman–Crippen LogP) is 3.10. The first-order valence-electron chi connectivity index (χ1n) is 8.00. The molecule has 1 amide bonds. The van der Waals surface area contributed by atoms with Gasteiger partial charge >= 0.3 is 5.97 Å². The van der Waals surface area contributed by atoms with Gasteiger partial charge in [-0.2, -0.15) is 0 Å². The summed E-state index contributed by atoms with van der Waals surface area (Å²) in [4.78, 5) is 28.5. The van der Waals surface area contributed by atoms with Crippen LogP contribution < -0.4 is 5.32 Å². The van der Waals surface area contributed by atoms with Crippen LogP contribution >= 0.6 is 0 Å². The van der Waals surface area contributed by atoms with E-state index in [1.807, 2.05) is 54.6 Å². The third-order valence-electron chi connectivity index (χ3n) is 3.79. The smallest absolute Gasteiger partial charge is 0.328 e. The Morgan fingerprint density at radius 1 is 1.04 bits per heavy atom. The monoisotopic (exact) mass is 334 g/mol. The fraction of sp³-hybridized carbons (Fsp3) is 0.150. The first-order valence-corrected chi connectivity index (χ1v) is 8.00. The van der Waals surface area contributed by atoms with Crippen LogP contribution in [0.4, 0.5) is 0 Å². The van der Waals surface area contributed by atoms with Crippen LogP contribution in [0.3, 0.4) is 0 Å². The number of fused-ring (bicyclic) bond motifs is 1. The molecule has 0 saturated carbocycles. The molecule has 0 aliphatic heterocycles. The molecule has 25 heavy (non-hydrogen) atoms. The first kappa shape index (κ1) is 16.6. The average Bonchev–Trinajstić information content (AvgIpc) is 2.66. The third kappa shape index (κ3) is 4.20. The van der Waals surface area contributed by atoms with Gasteiger partial charge in [-0.25, -0.2) is 4.79 Å². The van der Waals surface area contributed by atoms with Gasteiger partial charge in [-0.15, -0.1) is 0 Å². The summed E-state index contributed by atoms with van der Waals surface area (Å²) >= 11 is 0. The van der Waals surface area contributed by atoms with Crippen LogP contribution in [0.1, 0.15) is 23.0 Å². The summed E-state index contributed by atoms with van der Waals surface area (Å²) in [7, 11) is 0. The Labute approximate surface area is 145 Å². The van der Waals surface area contributed by atoms with Gasteiger partial charge in [0.05, 0.1) is 0 Å². The second kappa shape index (κ2) is 7.57. The Morgan fingerprint density at radius 2 is 1.72 bits per heavy atom. The van der Waals surface area contributed by atoms with Gasteiger partial charge in [-0.1, -0.05) is 54.6 Å². The van der Waals surface area contributed by atoms with Crippen molar-refractivity contribution >= 4 is 22.6 Å². The van der Waals surface area contributed by atoms with E-state index >= 15 is 0 Å². The van der Waals surface area contributed by atoms with E-state index in [9.17, 15) is 9.59 Å². The van der Waals surface area contributed by atoms with E-state index in [4.69, 9.17) is 4.74 Å². The number of benzene rings is 2. The maximum absolute atomic E-state index is 12.3. The first-order chi connectivity index (χ1) is 12.1. The molecular weight excluding hydrogens is 316 g/mol. The minimum Gasteiger partial charge on any atom is -0.459 e. The number of rotatable bonds is 5. The van der Waals surface area contributed by atoms with Crippen molar-refractivity contribution in [3.05, 3.63) is 78.1 Å². The number of hydrogen-bond acceptors (Lipinski definition) is 4. The van der Waals surface area contributed by atoms with E-state index in [2.05, 4.69) is 10.3 Å². The topological polar surface area (TPSA) is 68.3 Å². The van der Waals surface area contributed by atoms with Crippen molar-refractivity contribution in [3.8, 4) is 0 Å². The van der Waals surface area contributed by atoms with E-state index in [1.54, 1.807) is 19.2 Å². The predicted molar refractivity (Wildman–Crippen MR) is 94.9 cm³/mol. The Hall–Kier alpha value is -3.21. The fourth-order valence-electron chi connectivity index (χ4n) is 2.39. The van der Waals surface area contributed by atoms with Gasteiger partial charge < -0.3 is 10.1 Å². The minimum atomic E-state index is -0.760. The lowest BCUT2D eigenvalue weighted by atomic mass is 10.1. The van der Waals surface area contributed by atoms with E-state index in [0.717, 1.165) is 16.3 Å². The number of amides is 1. The Kier molecular flexibility index (Phi) is 5.04. The molecule has 0 fully saturated rings. The highest BCUT2D eigenvalue weighted by atomic mass is 16.5. The summed E-state index contributed by atoms with van der Waals surface area (Å²) in [5.41, 5.74) is 1.16. The molecule has 0 spiro atoms. The molecule has 0 bridgehead atoms. The zero-order chi connectivity index (χ0) is 17.6. The van der Waals surface area contributed by atoms with E-state index in [0.29, 0.717) is 0 Å². The van der Waals surface area contributed by atoms with Crippen LogP contribution in [0.25, 0.3) is 10.8 Å². The lowest BCUT2D eigenvalue weighted by molar-refractivity contribution is -0.146. The summed E-state index contributed by atoms with van der Waals surface area (Å²) in [6.45, 7) is 1.76. The van der Waals surface area contributed by atoms with Crippen LogP contribution in [0.2, 0.25) is 0 Å². The van der Waals surface area contributed by atoms with Crippen LogP contribution in [0.5, 0.6) is 0 Å². The van der Waals surface area contributed by atoms with E-state index in [-0.39, 0.29) is 12.3 Å². The molecule has 2 aromatic carbocycles. The number of hydrogen-bond donors (Lipinski definition) is 1. The summed E-state index contributed by atoms with van der Waals surface area (Å²) in [6.07, 6.45) is 1.64. The quantitative estimate of drug-likeness (QED) is 0.728. The van der Waals surface area contributed by atoms with Gasteiger partial charge in [0.15, 0.2) is 0 Å². The number of nitrogens with one attached hydrogen (secondary N) is 1. The molecule has 0 radical (unpaired) electrons. The number of nitrogens with zero attached hydrogens (tertiary/aromatic N) is 1. The number of aromatic nitrogens is 1. The van der Waals surface area contributed by atoms with Gasteiger partial charge in [-0.05, 0) is 23.9 Å². The normalized spacial score (nSPS) is 11.7. The molecule has 1 atom stereocenters. The van der Waals surface area contributed by atoms with Gasteiger partial charge in [0, 0.05) is 11.6 Å². The molecule has 1 aromatic heterocycles. The standard InChI is InChI=1S/C20H18N2O3/c1-14(20(24)25-13-15-7-3-2-4-8-15)22-19(23)18-11-16-9-5-6-10-17(16)12-21-18/h2-12,14H,13H2,1H3,(H,22,23)/t14-/m0/s1. The van der Waals surface area contributed by atoms with Crippen molar-refractivity contribution in [2.75, 3.05) is 0 Å². The number of pyridine rings is 1. The number of carbonyl (C=O) groups excluding carboxylic acids is 2. The molecule has 1 heterocycles. The highest BCUT2D eigenvalue weighted by molar-refractivity contribution is 5.98. The summed E-state index contributed by atoms with van der Waals surface area (Å²) in [5.74, 6) is -0.895. The maximum Gasteiger partial charge on any atom is 0.328 e. The molecule has 0 unspecified atom stereocenters. The van der Waals surface area contributed by atoms with Crippen molar-refractivity contribution in [3.63, 3.8) is 0 Å². The Bertz CT molecular complexity index is 894. The minimum absolute atomic E-state index is 0.175. The summed E-state index contributed by atoms with van der Waals surface area (Å²) in [5, 5.41) is 4.49. The Balaban J connectivity index is 1.59. The summed E-state index contributed by atoms with van der Waals surface area (Å²) < 4.78 is 5.22. The lowest BCUT2D eigenvalue weighted by Crippen LogP contribution is -2.39. The molecule has 5 nitrogen and oxygen atoms in total. The number of esters is 1. The zero-order valence-electron chi connectivity index (χ0n) is 13.8. The highest BCUT2D eigenvalue weighted by Crippen LogP contribution is 2.13. The van der Waals surface area contributed by atoms with Crippen LogP contribution in [-0.2, 0) is 16.1 Å². The second-order valence-corrected chi connectivity index (χ2v) is 5.71.